The summed E-state index contributed by atoms with van der Waals surface area (Å²) in [6.45, 7) is 2.26. The molecule has 0 bridgehead atoms. The molecule has 2 unspecified atom stereocenters. The van der Waals surface area contributed by atoms with Gasteiger partial charge in [0.1, 0.15) is 5.82 Å². The van der Waals surface area contributed by atoms with Gasteiger partial charge in [0.05, 0.1) is 5.92 Å². The number of nitrogens with zero attached hydrogens (tertiary/aromatic N) is 1. The number of rotatable bonds is 8. The summed E-state index contributed by atoms with van der Waals surface area (Å²) in [6.07, 6.45) is 0.953. The lowest BCUT2D eigenvalue weighted by atomic mass is 10.0. The normalized spacial score (nSPS) is 18.9. The molecule has 0 saturated carbocycles. The van der Waals surface area contributed by atoms with Crippen molar-refractivity contribution in [3.8, 4) is 0 Å². The highest BCUT2D eigenvalue weighted by molar-refractivity contribution is 5.80. The van der Waals surface area contributed by atoms with Gasteiger partial charge < -0.3 is 16.0 Å². The molecule has 3 atom stereocenters. The summed E-state index contributed by atoms with van der Waals surface area (Å²) in [5.41, 5.74) is 5.77. The number of halogens is 5. The smallest absolute Gasteiger partial charge is 0.256 e. The van der Waals surface area contributed by atoms with Crippen LogP contribution in [0.4, 0.5) is 22.0 Å². The molecule has 168 valence electrons. The number of nitrogens with two attached hydrogens (primary N) is 1. The van der Waals surface area contributed by atoms with Crippen LogP contribution in [-0.4, -0.2) is 47.8 Å². The summed E-state index contributed by atoms with van der Waals surface area (Å²) in [4.78, 5) is 26.0. The Kier molecular flexibility index (Phi) is 7.79. The summed E-state index contributed by atoms with van der Waals surface area (Å²) >= 11 is 0. The number of carbonyl (C=O) groups is 2. The Morgan fingerprint density at radius 1 is 1.23 bits per heavy atom. The largest absolute Gasteiger partial charge is 0.354 e. The highest BCUT2D eigenvalue weighted by Gasteiger charge is 2.37. The summed E-state index contributed by atoms with van der Waals surface area (Å²) < 4.78 is 66.6. The van der Waals surface area contributed by atoms with Crippen LogP contribution in [0.1, 0.15) is 38.7 Å². The number of alkyl halides is 2. The van der Waals surface area contributed by atoms with Crippen molar-refractivity contribution in [3.05, 3.63) is 35.1 Å². The molecule has 1 saturated heterocycles. The monoisotopic (exact) mass is 435 g/mol. The van der Waals surface area contributed by atoms with Crippen molar-refractivity contribution in [2.45, 2.75) is 57.5 Å². The molecule has 0 aromatic heterocycles. The maximum Gasteiger partial charge on any atom is 0.256 e. The Bertz CT molecular complexity index is 784. The van der Waals surface area contributed by atoms with Gasteiger partial charge in [0.2, 0.25) is 11.8 Å². The SMILES string of the molecule is CC(C(=O)NC[C@@H]1CCCN1C(=O)CC(N)Cc1cc(F)c(F)cc1F)C(C)(F)F. The maximum atomic E-state index is 13.8. The lowest BCUT2D eigenvalue weighted by molar-refractivity contribution is -0.137. The van der Waals surface area contributed by atoms with Crippen LogP contribution in [0.5, 0.6) is 0 Å². The van der Waals surface area contributed by atoms with E-state index in [2.05, 4.69) is 5.32 Å². The predicted molar refractivity (Wildman–Crippen MR) is 100 cm³/mol. The zero-order valence-corrected chi connectivity index (χ0v) is 16.9. The van der Waals surface area contributed by atoms with Gasteiger partial charge in [-0.15, -0.1) is 0 Å². The lowest BCUT2D eigenvalue weighted by Gasteiger charge is -2.27. The van der Waals surface area contributed by atoms with Crippen LogP contribution in [-0.2, 0) is 16.0 Å². The van der Waals surface area contributed by atoms with Crippen molar-refractivity contribution in [2.75, 3.05) is 13.1 Å². The molecule has 1 aliphatic heterocycles. The van der Waals surface area contributed by atoms with Gasteiger partial charge >= 0.3 is 0 Å². The molecule has 30 heavy (non-hydrogen) atoms. The van der Waals surface area contributed by atoms with E-state index in [-0.39, 0.29) is 36.9 Å². The highest BCUT2D eigenvalue weighted by Crippen LogP contribution is 2.24. The molecule has 1 fully saturated rings. The third kappa shape index (κ3) is 6.13. The van der Waals surface area contributed by atoms with Crippen LogP contribution < -0.4 is 11.1 Å². The van der Waals surface area contributed by atoms with Crippen molar-refractivity contribution in [2.24, 2.45) is 11.7 Å². The second-order valence-corrected chi connectivity index (χ2v) is 7.83. The standard InChI is InChI=1S/C20H26F5N3O2/c1-11(20(2,24)25)19(30)27-10-14-4-3-5-28(14)18(29)8-13(26)6-12-7-16(22)17(23)9-15(12)21/h7,9,11,13-14H,3-6,8,10,26H2,1-2H3,(H,27,30)/t11?,13?,14-/m0/s1. The summed E-state index contributed by atoms with van der Waals surface area (Å²) in [5.74, 6) is -9.24. The van der Waals surface area contributed by atoms with Gasteiger partial charge in [-0.3, -0.25) is 9.59 Å². The minimum absolute atomic E-state index is 0.0397. The first-order valence-corrected chi connectivity index (χ1v) is 9.74. The molecule has 0 aliphatic carbocycles. The van der Waals surface area contributed by atoms with Crippen molar-refractivity contribution >= 4 is 11.8 Å². The molecule has 1 heterocycles. The molecule has 0 spiro atoms. The number of amides is 2. The van der Waals surface area contributed by atoms with Crippen LogP contribution in [0.25, 0.3) is 0 Å². The van der Waals surface area contributed by atoms with E-state index in [1.807, 2.05) is 0 Å². The third-order valence-corrected chi connectivity index (χ3v) is 5.37. The quantitative estimate of drug-likeness (QED) is 0.487. The van der Waals surface area contributed by atoms with E-state index >= 15 is 0 Å². The minimum atomic E-state index is -3.16. The fourth-order valence-corrected chi connectivity index (χ4v) is 3.39. The van der Waals surface area contributed by atoms with Gasteiger partial charge in [-0.25, -0.2) is 22.0 Å². The molecule has 10 heteroatoms. The van der Waals surface area contributed by atoms with Crippen molar-refractivity contribution in [1.29, 1.82) is 0 Å². The maximum absolute atomic E-state index is 13.8. The zero-order chi connectivity index (χ0) is 22.6. The summed E-state index contributed by atoms with van der Waals surface area (Å²) in [6, 6.07) is -0.0366. The highest BCUT2D eigenvalue weighted by atomic mass is 19.3. The number of hydrogen-bond acceptors (Lipinski definition) is 3. The number of benzene rings is 1. The first kappa shape index (κ1) is 24.0. The number of carbonyl (C=O) groups excluding carboxylic acids is 2. The Labute approximate surface area is 171 Å². The average molecular weight is 435 g/mol. The molecule has 5 nitrogen and oxygen atoms in total. The van der Waals surface area contributed by atoms with Crippen molar-refractivity contribution in [3.63, 3.8) is 0 Å². The third-order valence-electron chi connectivity index (χ3n) is 5.37. The van der Waals surface area contributed by atoms with Gasteiger partial charge in [-0.05, 0) is 37.8 Å². The molecule has 1 aromatic rings. The van der Waals surface area contributed by atoms with Gasteiger partial charge in [0, 0.05) is 44.6 Å². The first-order chi connectivity index (χ1) is 13.9. The van der Waals surface area contributed by atoms with Crippen LogP contribution in [0, 0.1) is 23.4 Å². The van der Waals surface area contributed by atoms with Crippen molar-refractivity contribution < 1.29 is 31.5 Å². The second kappa shape index (κ2) is 9.72. The molecule has 3 N–H and O–H groups in total. The fourth-order valence-electron chi connectivity index (χ4n) is 3.39. The van der Waals surface area contributed by atoms with Gasteiger partial charge in [0.15, 0.2) is 11.6 Å². The van der Waals surface area contributed by atoms with Crippen LogP contribution >= 0.6 is 0 Å². The predicted octanol–water partition coefficient (Wildman–Crippen LogP) is 2.76. The molecule has 1 aromatic carbocycles. The molecule has 2 amide bonds. The van der Waals surface area contributed by atoms with Crippen LogP contribution in [0.2, 0.25) is 0 Å². The molecule has 2 rings (SSSR count). The molecule has 0 radical (unpaired) electrons. The molecular weight excluding hydrogens is 409 g/mol. The Balaban J connectivity index is 1.91. The Hall–Kier alpha value is -2.23. The van der Waals surface area contributed by atoms with Gasteiger partial charge in [-0.2, -0.15) is 0 Å². The van der Waals surface area contributed by atoms with Gasteiger partial charge in [-0.1, -0.05) is 0 Å². The fraction of sp³-hybridized carbons (Fsp3) is 0.600. The number of likely N-dealkylation sites (tertiary alicyclic amines) is 1. The van der Waals surface area contributed by atoms with Crippen molar-refractivity contribution in [1.82, 2.24) is 10.2 Å². The lowest BCUT2D eigenvalue weighted by Crippen LogP contribution is -2.47. The van der Waals surface area contributed by atoms with E-state index in [1.54, 1.807) is 0 Å². The van der Waals surface area contributed by atoms with Crippen LogP contribution in [0.3, 0.4) is 0 Å². The number of hydrogen-bond donors (Lipinski definition) is 2. The molecule has 1 aliphatic rings. The Morgan fingerprint density at radius 3 is 2.50 bits per heavy atom. The molecular formula is C20H26F5N3O2. The van der Waals surface area contributed by atoms with E-state index in [9.17, 15) is 31.5 Å². The summed E-state index contributed by atoms with van der Waals surface area (Å²) in [5, 5.41) is 2.46. The first-order valence-electron chi connectivity index (χ1n) is 9.74. The van der Waals surface area contributed by atoms with Crippen LogP contribution in [0.15, 0.2) is 12.1 Å². The second-order valence-electron chi connectivity index (χ2n) is 7.83. The van der Waals surface area contributed by atoms with E-state index in [1.165, 1.54) is 4.90 Å². The van der Waals surface area contributed by atoms with E-state index in [4.69, 9.17) is 5.73 Å². The van der Waals surface area contributed by atoms with E-state index in [0.717, 1.165) is 6.92 Å². The summed E-state index contributed by atoms with van der Waals surface area (Å²) in [7, 11) is 0. The minimum Gasteiger partial charge on any atom is -0.354 e. The zero-order valence-electron chi connectivity index (χ0n) is 16.9. The topological polar surface area (TPSA) is 75.4 Å². The van der Waals surface area contributed by atoms with E-state index < -0.39 is 41.2 Å². The number of nitrogens with one attached hydrogen (secondary N) is 1. The van der Waals surface area contributed by atoms with Gasteiger partial charge in [0.25, 0.3) is 5.92 Å². The van der Waals surface area contributed by atoms with E-state index in [0.29, 0.717) is 38.4 Å². The Morgan fingerprint density at radius 2 is 1.87 bits per heavy atom. The average Bonchev–Trinajstić information content (AvgIpc) is 3.11.